The van der Waals surface area contributed by atoms with Crippen molar-refractivity contribution in [3.8, 4) is 0 Å². The van der Waals surface area contributed by atoms with Crippen LogP contribution in [0, 0.1) is 0 Å². The van der Waals surface area contributed by atoms with E-state index in [-0.39, 0.29) is 5.84 Å². The van der Waals surface area contributed by atoms with Crippen LogP contribution in [-0.2, 0) is 0 Å². The Morgan fingerprint density at radius 1 is 1.47 bits per heavy atom. The van der Waals surface area contributed by atoms with Gasteiger partial charge in [-0.05, 0) is 18.2 Å². The first-order valence-corrected chi connectivity index (χ1v) is 5.98. The molecule has 1 aromatic rings. The second kappa shape index (κ2) is 6.35. The van der Waals surface area contributed by atoms with Crippen LogP contribution in [-0.4, -0.2) is 16.8 Å². The molecule has 0 fully saturated rings. The summed E-state index contributed by atoms with van der Waals surface area (Å²) in [6.45, 7) is 2.16. The maximum Gasteiger partial charge on any atom is 0.171 e. The van der Waals surface area contributed by atoms with Crippen molar-refractivity contribution in [3.63, 3.8) is 0 Å². The van der Waals surface area contributed by atoms with Crippen molar-refractivity contribution in [1.82, 2.24) is 0 Å². The van der Waals surface area contributed by atoms with E-state index in [4.69, 9.17) is 10.9 Å². The summed E-state index contributed by atoms with van der Waals surface area (Å²) in [6.07, 6.45) is 2.36. The van der Waals surface area contributed by atoms with Gasteiger partial charge in [-0.15, -0.1) is 11.8 Å². The van der Waals surface area contributed by atoms with Gasteiger partial charge in [-0.3, -0.25) is 0 Å². The molecular weight excluding hydrogens is 208 g/mol. The van der Waals surface area contributed by atoms with E-state index < -0.39 is 0 Å². The second-order valence-corrected chi connectivity index (χ2v) is 4.32. The lowest BCUT2D eigenvalue weighted by atomic mass is 10.2. The maximum atomic E-state index is 8.64. The molecule has 3 N–H and O–H groups in total. The van der Waals surface area contributed by atoms with Crippen LogP contribution in [0.5, 0.6) is 0 Å². The van der Waals surface area contributed by atoms with Gasteiger partial charge in [-0.25, -0.2) is 0 Å². The number of thioether (sulfide) groups is 1. The zero-order chi connectivity index (χ0) is 11.1. The molecule has 0 aliphatic rings. The minimum absolute atomic E-state index is 0.176. The number of nitrogens with two attached hydrogens (primary N) is 1. The first kappa shape index (κ1) is 11.9. The SMILES string of the molecule is CCCCSc1ccccc1/C(N)=N/O. The van der Waals surface area contributed by atoms with Gasteiger partial charge < -0.3 is 10.9 Å². The molecule has 0 heterocycles. The summed E-state index contributed by atoms with van der Waals surface area (Å²) in [5.74, 6) is 1.24. The standard InChI is InChI=1S/C11H16N2OS/c1-2-3-8-15-10-7-5-4-6-9(10)11(12)13-14/h4-7,14H,2-3,8H2,1H3,(H2,12,13). The summed E-state index contributed by atoms with van der Waals surface area (Å²) in [5, 5.41) is 11.7. The number of nitrogens with zero attached hydrogens (tertiary/aromatic N) is 1. The number of benzene rings is 1. The fourth-order valence-electron chi connectivity index (χ4n) is 1.18. The lowest BCUT2D eigenvalue weighted by molar-refractivity contribution is 0.318. The summed E-state index contributed by atoms with van der Waals surface area (Å²) < 4.78 is 0. The van der Waals surface area contributed by atoms with E-state index in [2.05, 4.69) is 12.1 Å². The van der Waals surface area contributed by atoms with E-state index in [0.717, 1.165) is 16.2 Å². The Labute approximate surface area is 94.4 Å². The third kappa shape index (κ3) is 3.47. The van der Waals surface area contributed by atoms with Gasteiger partial charge in [-0.1, -0.05) is 36.7 Å². The predicted molar refractivity (Wildman–Crippen MR) is 64.6 cm³/mol. The summed E-state index contributed by atoms with van der Waals surface area (Å²) in [6, 6.07) is 7.71. The molecule has 3 nitrogen and oxygen atoms in total. The molecule has 0 spiro atoms. The van der Waals surface area contributed by atoms with Crippen molar-refractivity contribution in [1.29, 1.82) is 0 Å². The number of oxime groups is 1. The minimum atomic E-state index is 0.176. The van der Waals surface area contributed by atoms with E-state index in [0.29, 0.717) is 0 Å². The van der Waals surface area contributed by atoms with Crippen molar-refractivity contribution in [2.75, 3.05) is 5.75 Å². The molecule has 0 unspecified atom stereocenters. The summed E-state index contributed by atoms with van der Waals surface area (Å²) >= 11 is 1.74. The maximum absolute atomic E-state index is 8.64. The molecule has 1 aromatic carbocycles. The molecule has 0 atom stereocenters. The lowest BCUT2D eigenvalue weighted by Crippen LogP contribution is -2.14. The van der Waals surface area contributed by atoms with Gasteiger partial charge in [0.05, 0.1) is 0 Å². The highest BCUT2D eigenvalue weighted by Gasteiger charge is 2.05. The van der Waals surface area contributed by atoms with Crippen molar-refractivity contribution >= 4 is 17.6 Å². The zero-order valence-electron chi connectivity index (χ0n) is 8.81. The van der Waals surface area contributed by atoms with E-state index in [1.54, 1.807) is 11.8 Å². The average Bonchev–Trinajstić information content (AvgIpc) is 2.29. The molecule has 82 valence electrons. The molecule has 15 heavy (non-hydrogen) atoms. The van der Waals surface area contributed by atoms with E-state index in [1.165, 1.54) is 12.8 Å². The fourth-order valence-corrected chi connectivity index (χ4v) is 2.34. The van der Waals surface area contributed by atoms with Crippen LogP contribution in [0.2, 0.25) is 0 Å². The average molecular weight is 224 g/mol. The third-order valence-corrected chi connectivity index (χ3v) is 3.19. The molecule has 0 aliphatic carbocycles. The molecule has 0 radical (unpaired) electrons. The summed E-state index contributed by atoms with van der Waals surface area (Å²) in [7, 11) is 0. The van der Waals surface area contributed by atoms with Gasteiger partial charge >= 0.3 is 0 Å². The Bertz CT molecular complexity index is 339. The quantitative estimate of drug-likeness (QED) is 0.202. The molecule has 0 saturated heterocycles. The Morgan fingerprint density at radius 3 is 2.87 bits per heavy atom. The lowest BCUT2D eigenvalue weighted by Gasteiger charge is -2.06. The first-order chi connectivity index (χ1) is 7.29. The van der Waals surface area contributed by atoms with Gasteiger partial charge in [-0.2, -0.15) is 0 Å². The van der Waals surface area contributed by atoms with Crippen LogP contribution >= 0.6 is 11.8 Å². The summed E-state index contributed by atoms with van der Waals surface area (Å²) in [5.41, 5.74) is 6.39. The Hall–Kier alpha value is -1.16. The highest BCUT2D eigenvalue weighted by Crippen LogP contribution is 2.23. The Balaban J connectivity index is 2.77. The molecule has 0 saturated carbocycles. The predicted octanol–water partition coefficient (Wildman–Crippen LogP) is 2.67. The topological polar surface area (TPSA) is 58.6 Å². The molecular formula is C11H16N2OS. The Kier molecular flexibility index (Phi) is 5.04. The van der Waals surface area contributed by atoms with Crippen molar-refractivity contribution in [3.05, 3.63) is 29.8 Å². The molecule has 0 aliphatic heterocycles. The van der Waals surface area contributed by atoms with Crippen LogP contribution in [0.15, 0.2) is 34.3 Å². The van der Waals surface area contributed by atoms with Crippen molar-refractivity contribution in [2.24, 2.45) is 10.9 Å². The van der Waals surface area contributed by atoms with Crippen LogP contribution in [0.4, 0.5) is 0 Å². The number of amidine groups is 1. The van der Waals surface area contributed by atoms with Crippen LogP contribution in [0.3, 0.4) is 0 Å². The molecule has 1 rings (SSSR count). The van der Waals surface area contributed by atoms with Crippen LogP contribution < -0.4 is 5.73 Å². The molecule has 4 heteroatoms. The second-order valence-electron chi connectivity index (χ2n) is 3.18. The minimum Gasteiger partial charge on any atom is -0.409 e. The Morgan fingerprint density at radius 2 is 2.20 bits per heavy atom. The normalized spacial score (nSPS) is 11.7. The van der Waals surface area contributed by atoms with Crippen LogP contribution in [0.25, 0.3) is 0 Å². The van der Waals surface area contributed by atoms with Crippen LogP contribution in [0.1, 0.15) is 25.3 Å². The van der Waals surface area contributed by atoms with E-state index >= 15 is 0 Å². The van der Waals surface area contributed by atoms with Crippen molar-refractivity contribution < 1.29 is 5.21 Å². The highest BCUT2D eigenvalue weighted by atomic mass is 32.2. The summed E-state index contributed by atoms with van der Waals surface area (Å²) in [4.78, 5) is 1.07. The fraction of sp³-hybridized carbons (Fsp3) is 0.364. The number of hydrogen-bond donors (Lipinski definition) is 2. The zero-order valence-corrected chi connectivity index (χ0v) is 9.63. The van der Waals surface area contributed by atoms with Gasteiger partial charge in [0.15, 0.2) is 5.84 Å². The smallest absolute Gasteiger partial charge is 0.171 e. The molecule has 0 aromatic heterocycles. The van der Waals surface area contributed by atoms with E-state index in [9.17, 15) is 0 Å². The van der Waals surface area contributed by atoms with Gasteiger partial charge in [0, 0.05) is 10.5 Å². The molecule has 0 amide bonds. The van der Waals surface area contributed by atoms with Gasteiger partial charge in [0.1, 0.15) is 0 Å². The first-order valence-electron chi connectivity index (χ1n) is 4.99. The molecule has 0 bridgehead atoms. The van der Waals surface area contributed by atoms with Gasteiger partial charge in [0.2, 0.25) is 0 Å². The van der Waals surface area contributed by atoms with Gasteiger partial charge in [0.25, 0.3) is 0 Å². The van der Waals surface area contributed by atoms with E-state index in [1.807, 2.05) is 24.3 Å². The number of hydrogen-bond acceptors (Lipinski definition) is 3. The largest absolute Gasteiger partial charge is 0.409 e. The number of rotatable bonds is 5. The van der Waals surface area contributed by atoms with Crippen molar-refractivity contribution in [2.45, 2.75) is 24.7 Å². The third-order valence-electron chi connectivity index (χ3n) is 2.03. The highest BCUT2D eigenvalue weighted by molar-refractivity contribution is 7.99. The monoisotopic (exact) mass is 224 g/mol. The number of unbranched alkanes of at least 4 members (excludes halogenated alkanes) is 1.